The molecule has 2 N–H and O–H groups in total. The van der Waals surface area contributed by atoms with Gasteiger partial charge in [-0.05, 0) is 31.6 Å². The van der Waals surface area contributed by atoms with Crippen molar-refractivity contribution in [2.24, 2.45) is 29.1 Å². The fourth-order valence-corrected chi connectivity index (χ4v) is 4.11. The van der Waals surface area contributed by atoms with Crippen LogP contribution in [0, 0.1) is 29.1 Å². The number of carbonyl (C=O) groups excluding carboxylic acids is 2. The molecule has 0 bridgehead atoms. The molecule has 0 heterocycles. The summed E-state index contributed by atoms with van der Waals surface area (Å²) in [5, 5.41) is 12.0. The number of alkyl carbamates (subject to hydrolysis) is 1. The third-order valence-corrected chi connectivity index (χ3v) is 5.49. The molecule has 0 aromatic heterocycles. The molecule has 2 aliphatic carbocycles. The Bertz CT molecular complexity index is 626. The van der Waals surface area contributed by atoms with E-state index in [0.717, 1.165) is 12.8 Å². The van der Waals surface area contributed by atoms with Crippen molar-refractivity contribution in [2.45, 2.75) is 60.2 Å². The Balaban J connectivity index is 1.95. The van der Waals surface area contributed by atoms with Crippen molar-refractivity contribution in [1.29, 1.82) is 0 Å². The van der Waals surface area contributed by atoms with E-state index in [9.17, 15) is 19.5 Å². The molecule has 152 valence electrons. The molecule has 1 amide bonds. The molecule has 0 aliphatic heterocycles. The van der Waals surface area contributed by atoms with Crippen molar-refractivity contribution in [3.8, 4) is 0 Å². The topological polar surface area (TPSA) is 102 Å². The van der Waals surface area contributed by atoms with Crippen LogP contribution in [-0.4, -0.2) is 36.0 Å². The van der Waals surface area contributed by atoms with Gasteiger partial charge in [-0.2, -0.15) is 0 Å². The molecule has 7 nitrogen and oxygen atoms in total. The maximum Gasteiger partial charge on any atom is 0.410 e. The zero-order valence-corrected chi connectivity index (χ0v) is 16.8. The van der Waals surface area contributed by atoms with Crippen LogP contribution >= 0.6 is 0 Å². The quantitative estimate of drug-likeness (QED) is 0.380. The lowest BCUT2D eigenvalue weighted by molar-refractivity contribution is -0.179. The number of rotatable bonds is 8. The predicted octanol–water partition coefficient (Wildman–Crippen LogP) is 3.34. The number of ether oxygens (including phenoxy) is 2. The Morgan fingerprint density at radius 1 is 1.26 bits per heavy atom. The molecule has 0 spiro atoms. The number of esters is 1. The number of amides is 1. The molecule has 2 rings (SSSR count). The van der Waals surface area contributed by atoms with Gasteiger partial charge < -0.3 is 19.9 Å². The van der Waals surface area contributed by atoms with Gasteiger partial charge in [0.1, 0.15) is 0 Å². The average Bonchev–Trinajstić information content (AvgIpc) is 2.86. The fraction of sp³-hybridized carbons (Fsp3) is 0.750. The van der Waals surface area contributed by atoms with Crippen molar-refractivity contribution in [3.63, 3.8) is 0 Å². The van der Waals surface area contributed by atoms with Crippen molar-refractivity contribution in [3.05, 3.63) is 11.6 Å². The number of nitrogens with one attached hydrogen (secondary N) is 1. The Kier molecular flexibility index (Phi) is 6.54. The lowest BCUT2D eigenvalue weighted by Gasteiger charge is -2.51. The van der Waals surface area contributed by atoms with Gasteiger partial charge in [0.05, 0.1) is 12.3 Å². The van der Waals surface area contributed by atoms with Crippen LogP contribution in [0.5, 0.6) is 0 Å². The van der Waals surface area contributed by atoms with Crippen LogP contribution in [0.1, 0.15) is 53.9 Å². The molecule has 1 fully saturated rings. The second-order valence-corrected chi connectivity index (χ2v) is 8.60. The molecule has 2 aliphatic rings. The molecule has 27 heavy (non-hydrogen) atoms. The lowest BCUT2D eigenvalue weighted by Crippen LogP contribution is -2.53. The summed E-state index contributed by atoms with van der Waals surface area (Å²) in [5.74, 6) is -1.17. The van der Waals surface area contributed by atoms with Gasteiger partial charge in [-0.15, -0.1) is 0 Å². The Labute approximate surface area is 160 Å². The van der Waals surface area contributed by atoms with Crippen molar-refractivity contribution < 1.29 is 29.0 Å². The minimum atomic E-state index is -0.974. The van der Waals surface area contributed by atoms with E-state index in [4.69, 9.17) is 9.47 Å². The summed E-state index contributed by atoms with van der Waals surface area (Å²) in [6, 6.07) is 0. The van der Waals surface area contributed by atoms with Gasteiger partial charge in [-0.1, -0.05) is 39.3 Å². The SMILES string of the molecule is CC1=C[C@@H]2[C@@H](C1)C[C@]2(CNC(=O)O[C@@H](OC(=O)C(C)C)C(C)C)CC(=O)O. The zero-order valence-electron chi connectivity index (χ0n) is 16.8. The summed E-state index contributed by atoms with van der Waals surface area (Å²) in [5.41, 5.74) is 0.801. The first-order chi connectivity index (χ1) is 12.5. The first kappa shape index (κ1) is 21.3. The van der Waals surface area contributed by atoms with Crippen LogP contribution in [0.15, 0.2) is 11.6 Å². The standard InChI is InChI=1S/C20H31NO6/c1-11(2)17(24)26-18(12(3)4)27-19(25)21-10-20(9-16(22)23)8-14-6-13(5)7-15(14)20/h7,11-12,14-15,18H,6,8-10H2,1-5H3,(H,21,25)(H,22,23)/t14-,15+,18+,20+/m0/s1. The molecule has 0 aromatic rings. The average molecular weight is 381 g/mol. The number of hydrogen-bond acceptors (Lipinski definition) is 5. The highest BCUT2D eigenvalue weighted by molar-refractivity contribution is 5.72. The number of fused-ring (bicyclic) bond motifs is 1. The van der Waals surface area contributed by atoms with Crippen LogP contribution < -0.4 is 5.32 Å². The van der Waals surface area contributed by atoms with E-state index >= 15 is 0 Å². The maximum absolute atomic E-state index is 12.3. The van der Waals surface area contributed by atoms with Gasteiger partial charge in [0.2, 0.25) is 0 Å². The summed E-state index contributed by atoms with van der Waals surface area (Å²) in [4.78, 5) is 35.4. The maximum atomic E-state index is 12.3. The van der Waals surface area contributed by atoms with Crippen molar-refractivity contribution in [1.82, 2.24) is 5.32 Å². The molecular formula is C20H31NO6. The van der Waals surface area contributed by atoms with Gasteiger partial charge in [-0.3, -0.25) is 9.59 Å². The highest BCUT2D eigenvalue weighted by Gasteiger charge is 2.55. The summed E-state index contributed by atoms with van der Waals surface area (Å²) in [7, 11) is 0. The third kappa shape index (κ3) is 5.02. The molecule has 0 aromatic carbocycles. The normalized spacial score (nSPS) is 27.4. The summed E-state index contributed by atoms with van der Waals surface area (Å²) >= 11 is 0. The van der Waals surface area contributed by atoms with Gasteiger partial charge in [0, 0.05) is 17.9 Å². The Hall–Kier alpha value is -2.05. The summed E-state index contributed by atoms with van der Waals surface area (Å²) < 4.78 is 10.5. The summed E-state index contributed by atoms with van der Waals surface area (Å²) in [6.07, 6.45) is 2.25. The molecule has 0 saturated heterocycles. The zero-order chi connectivity index (χ0) is 20.4. The van der Waals surface area contributed by atoms with E-state index in [-0.39, 0.29) is 30.7 Å². The summed E-state index contributed by atoms with van der Waals surface area (Å²) in [6.45, 7) is 9.28. The highest BCUT2D eigenvalue weighted by Crippen LogP contribution is 2.59. The molecule has 4 atom stereocenters. The second-order valence-electron chi connectivity index (χ2n) is 8.60. The van der Waals surface area contributed by atoms with Crippen LogP contribution in [0.4, 0.5) is 4.79 Å². The molecule has 1 saturated carbocycles. The third-order valence-electron chi connectivity index (χ3n) is 5.49. The van der Waals surface area contributed by atoms with Gasteiger partial charge in [0.15, 0.2) is 0 Å². The van der Waals surface area contributed by atoms with Crippen molar-refractivity contribution >= 4 is 18.0 Å². The monoisotopic (exact) mass is 381 g/mol. The predicted molar refractivity (Wildman–Crippen MR) is 98.7 cm³/mol. The van der Waals surface area contributed by atoms with E-state index in [2.05, 4.69) is 18.3 Å². The van der Waals surface area contributed by atoms with E-state index in [1.54, 1.807) is 27.7 Å². The first-order valence-electron chi connectivity index (χ1n) is 9.58. The van der Waals surface area contributed by atoms with Crippen LogP contribution in [0.25, 0.3) is 0 Å². The molecule has 7 heteroatoms. The minimum Gasteiger partial charge on any atom is -0.481 e. The Morgan fingerprint density at radius 3 is 2.44 bits per heavy atom. The number of aliphatic carboxylic acids is 1. The fourth-order valence-electron chi connectivity index (χ4n) is 4.11. The minimum absolute atomic E-state index is 0.00811. The molecule has 0 unspecified atom stereocenters. The number of hydrogen-bond donors (Lipinski definition) is 2. The smallest absolute Gasteiger partial charge is 0.410 e. The number of allylic oxidation sites excluding steroid dienone is 2. The van der Waals surface area contributed by atoms with E-state index in [0.29, 0.717) is 5.92 Å². The Morgan fingerprint density at radius 2 is 1.93 bits per heavy atom. The van der Waals surface area contributed by atoms with Gasteiger partial charge >= 0.3 is 18.0 Å². The van der Waals surface area contributed by atoms with Gasteiger partial charge in [-0.25, -0.2) is 4.79 Å². The molecular weight excluding hydrogens is 350 g/mol. The highest BCUT2D eigenvalue weighted by atomic mass is 16.7. The van der Waals surface area contributed by atoms with Gasteiger partial charge in [0.25, 0.3) is 6.29 Å². The van der Waals surface area contributed by atoms with Crippen molar-refractivity contribution in [2.75, 3.05) is 6.54 Å². The molecule has 0 radical (unpaired) electrons. The first-order valence-corrected chi connectivity index (χ1v) is 9.58. The van der Waals surface area contributed by atoms with E-state index in [1.165, 1.54) is 5.57 Å². The van der Waals surface area contributed by atoms with Crippen LogP contribution in [0.3, 0.4) is 0 Å². The number of carboxylic acids is 1. The van der Waals surface area contributed by atoms with Crippen LogP contribution in [-0.2, 0) is 19.1 Å². The van der Waals surface area contributed by atoms with E-state index in [1.807, 2.05) is 0 Å². The van der Waals surface area contributed by atoms with Crippen LogP contribution in [0.2, 0.25) is 0 Å². The lowest BCUT2D eigenvalue weighted by atomic mass is 9.53. The number of carbonyl (C=O) groups is 3. The largest absolute Gasteiger partial charge is 0.481 e. The second kappa shape index (κ2) is 8.31. The van der Waals surface area contributed by atoms with E-state index < -0.39 is 29.7 Å². The number of carboxylic acid groups (broad SMARTS) is 1.